The molecular weight excluding hydrogens is 391 g/mol. The Balaban J connectivity index is 1.55. The molecule has 0 aliphatic carbocycles. The number of piperazine rings is 1. The molecule has 0 spiro atoms. The summed E-state index contributed by atoms with van der Waals surface area (Å²) >= 11 is 5.69. The molecule has 27 heavy (non-hydrogen) atoms. The average Bonchev–Trinajstić information content (AvgIpc) is 2.64. The van der Waals surface area contributed by atoms with Gasteiger partial charge in [0.15, 0.2) is 5.82 Å². The fourth-order valence-corrected chi connectivity index (χ4v) is 4.71. The Morgan fingerprint density at radius 1 is 1.19 bits per heavy atom. The zero-order valence-electron chi connectivity index (χ0n) is 15.0. The molecule has 9 heteroatoms. The van der Waals surface area contributed by atoms with E-state index in [-0.39, 0.29) is 11.1 Å². The van der Waals surface area contributed by atoms with Gasteiger partial charge < -0.3 is 4.90 Å². The van der Waals surface area contributed by atoms with E-state index in [0.29, 0.717) is 6.54 Å². The van der Waals surface area contributed by atoms with Crippen LogP contribution in [0.3, 0.4) is 0 Å². The molecule has 1 aromatic heterocycles. The Morgan fingerprint density at radius 2 is 1.93 bits per heavy atom. The first-order chi connectivity index (χ1) is 12.9. The van der Waals surface area contributed by atoms with E-state index < -0.39 is 20.7 Å². The molecule has 0 radical (unpaired) electrons. The van der Waals surface area contributed by atoms with Gasteiger partial charge in [-0.15, -0.1) is 0 Å². The number of benzene rings is 1. The number of sulfonamides is 1. The van der Waals surface area contributed by atoms with Crippen molar-refractivity contribution in [2.45, 2.75) is 17.9 Å². The van der Waals surface area contributed by atoms with Gasteiger partial charge >= 0.3 is 0 Å². The first kappa shape index (κ1) is 20.0. The Bertz CT molecular complexity index is 874. The average molecular weight is 413 g/mol. The highest BCUT2D eigenvalue weighted by Crippen LogP contribution is 2.22. The summed E-state index contributed by atoms with van der Waals surface area (Å²) in [4.78, 5) is 8.31. The van der Waals surface area contributed by atoms with Crippen LogP contribution in [0, 0.1) is 5.82 Å². The van der Waals surface area contributed by atoms with E-state index in [4.69, 9.17) is 11.6 Å². The van der Waals surface area contributed by atoms with Crippen LogP contribution in [0.25, 0.3) is 0 Å². The van der Waals surface area contributed by atoms with E-state index in [2.05, 4.69) is 19.5 Å². The lowest BCUT2D eigenvalue weighted by atomic mass is 10.2. The predicted molar refractivity (Wildman–Crippen MR) is 104 cm³/mol. The Morgan fingerprint density at radius 3 is 2.59 bits per heavy atom. The van der Waals surface area contributed by atoms with Gasteiger partial charge in [-0.1, -0.05) is 23.7 Å². The summed E-state index contributed by atoms with van der Waals surface area (Å²) in [6, 6.07) is 9.40. The highest BCUT2D eigenvalue weighted by molar-refractivity contribution is 7.89. The van der Waals surface area contributed by atoms with Crippen LogP contribution in [-0.4, -0.2) is 57.1 Å². The number of rotatable bonds is 6. The Hall–Kier alpha value is -1.74. The van der Waals surface area contributed by atoms with Crippen LogP contribution in [0.2, 0.25) is 5.02 Å². The number of halogens is 2. The molecule has 0 saturated carbocycles. The minimum absolute atomic E-state index is 0.212. The smallest absolute Gasteiger partial charge is 0.243 e. The SMILES string of the molecule is CC(CN1CCN(c2ccccn2)CC1)NS(=O)(=O)c1cccc(Cl)c1F. The predicted octanol–water partition coefficient (Wildman–Crippen LogP) is 2.36. The van der Waals surface area contributed by atoms with Gasteiger partial charge in [-0.05, 0) is 31.2 Å². The van der Waals surface area contributed by atoms with Crippen LogP contribution < -0.4 is 9.62 Å². The molecule has 1 aromatic carbocycles. The number of anilines is 1. The number of aromatic nitrogens is 1. The number of hydrogen-bond acceptors (Lipinski definition) is 5. The minimum atomic E-state index is -3.97. The van der Waals surface area contributed by atoms with Gasteiger partial charge in [-0.2, -0.15) is 0 Å². The molecule has 1 aliphatic heterocycles. The summed E-state index contributed by atoms with van der Waals surface area (Å²) in [5.74, 6) is 0.0187. The minimum Gasteiger partial charge on any atom is -0.354 e. The first-order valence-corrected chi connectivity index (χ1v) is 10.6. The van der Waals surface area contributed by atoms with Crippen LogP contribution in [0.4, 0.5) is 10.2 Å². The molecular formula is C18H22ClFN4O2S. The fraction of sp³-hybridized carbons (Fsp3) is 0.389. The monoisotopic (exact) mass is 412 g/mol. The normalized spacial score (nSPS) is 17.1. The van der Waals surface area contributed by atoms with E-state index in [1.165, 1.54) is 18.2 Å². The van der Waals surface area contributed by atoms with E-state index in [1.807, 2.05) is 18.2 Å². The van der Waals surface area contributed by atoms with E-state index in [1.54, 1.807) is 13.1 Å². The maximum Gasteiger partial charge on any atom is 0.243 e. The van der Waals surface area contributed by atoms with Crippen LogP contribution in [0.1, 0.15) is 6.92 Å². The molecule has 2 heterocycles. The van der Waals surface area contributed by atoms with Gasteiger partial charge in [-0.3, -0.25) is 4.90 Å². The molecule has 1 atom stereocenters. The molecule has 0 amide bonds. The summed E-state index contributed by atoms with van der Waals surface area (Å²) in [5.41, 5.74) is 0. The third-order valence-electron chi connectivity index (χ3n) is 4.44. The van der Waals surface area contributed by atoms with Gasteiger partial charge in [-0.25, -0.2) is 22.5 Å². The van der Waals surface area contributed by atoms with Crippen LogP contribution in [-0.2, 0) is 10.0 Å². The molecule has 3 rings (SSSR count). The van der Waals surface area contributed by atoms with Crippen molar-refractivity contribution >= 4 is 27.4 Å². The summed E-state index contributed by atoms with van der Waals surface area (Å²) in [6.45, 7) is 5.55. The van der Waals surface area contributed by atoms with Crippen molar-refractivity contribution < 1.29 is 12.8 Å². The van der Waals surface area contributed by atoms with Crippen molar-refractivity contribution in [3.8, 4) is 0 Å². The molecule has 1 fully saturated rings. The van der Waals surface area contributed by atoms with Crippen molar-refractivity contribution in [3.05, 3.63) is 53.4 Å². The summed E-state index contributed by atoms with van der Waals surface area (Å²) in [7, 11) is -3.97. The van der Waals surface area contributed by atoms with E-state index >= 15 is 0 Å². The second kappa shape index (κ2) is 8.52. The molecule has 146 valence electrons. The topological polar surface area (TPSA) is 65.5 Å². The molecule has 0 bridgehead atoms. The maximum atomic E-state index is 14.0. The van der Waals surface area contributed by atoms with Gasteiger partial charge in [0.1, 0.15) is 10.7 Å². The summed E-state index contributed by atoms with van der Waals surface area (Å²) < 4.78 is 41.5. The van der Waals surface area contributed by atoms with E-state index in [0.717, 1.165) is 32.0 Å². The van der Waals surface area contributed by atoms with Crippen molar-refractivity contribution in [3.63, 3.8) is 0 Å². The summed E-state index contributed by atoms with van der Waals surface area (Å²) in [6.07, 6.45) is 1.77. The lowest BCUT2D eigenvalue weighted by Crippen LogP contribution is -2.51. The standard InChI is InChI=1S/C18H22ClFN4O2S/c1-14(22-27(25,26)16-6-4-5-15(19)18(16)20)13-23-9-11-24(12-10-23)17-7-2-3-8-21-17/h2-8,14,22H,9-13H2,1H3. The van der Waals surface area contributed by atoms with Crippen LogP contribution in [0.5, 0.6) is 0 Å². The van der Waals surface area contributed by atoms with E-state index in [9.17, 15) is 12.8 Å². The van der Waals surface area contributed by atoms with Gasteiger partial charge in [0.05, 0.1) is 5.02 Å². The molecule has 1 saturated heterocycles. The number of pyridine rings is 1. The van der Waals surface area contributed by atoms with Crippen molar-refractivity contribution in [1.82, 2.24) is 14.6 Å². The maximum absolute atomic E-state index is 14.0. The zero-order chi connectivity index (χ0) is 19.4. The third-order valence-corrected chi connectivity index (χ3v) is 6.34. The Labute approximate surface area is 164 Å². The van der Waals surface area contributed by atoms with Gasteiger partial charge in [0.2, 0.25) is 10.0 Å². The molecule has 1 aliphatic rings. The highest BCUT2D eigenvalue weighted by Gasteiger charge is 2.25. The highest BCUT2D eigenvalue weighted by atomic mass is 35.5. The lowest BCUT2D eigenvalue weighted by molar-refractivity contribution is 0.241. The van der Waals surface area contributed by atoms with Crippen molar-refractivity contribution in [2.24, 2.45) is 0 Å². The molecule has 1 unspecified atom stereocenters. The second-order valence-electron chi connectivity index (χ2n) is 6.55. The third kappa shape index (κ3) is 4.95. The Kier molecular flexibility index (Phi) is 6.31. The van der Waals surface area contributed by atoms with Crippen molar-refractivity contribution in [2.75, 3.05) is 37.6 Å². The number of nitrogens with one attached hydrogen (secondary N) is 1. The molecule has 6 nitrogen and oxygen atoms in total. The first-order valence-electron chi connectivity index (χ1n) is 8.71. The number of hydrogen-bond donors (Lipinski definition) is 1. The number of nitrogens with zero attached hydrogens (tertiary/aromatic N) is 3. The quantitative estimate of drug-likeness (QED) is 0.789. The van der Waals surface area contributed by atoms with Gasteiger partial charge in [0, 0.05) is 45.0 Å². The summed E-state index contributed by atoms with van der Waals surface area (Å²) in [5, 5.41) is -0.212. The lowest BCUT2D eigenvalue weighted by Gasteiger charge is -2.36. The fourth-order valence-electron chi connectivity index (χ4n) is 3.14. The molecule has 1 N–H and O–H groups in total. The zero-order valence-corrected chi connectivity index (χ0v) is 16.5. The van der Waals surface area contributed by atoms with Gasteiger partial charge in [0.25, 0.3) is 0 Å². The molecule has 2 aromatic rings. The van der Waals surface area contributed by atoms with Crippen molar-refractivity contribution in [1.29, 1.82) is 0 Å². The van der Waals surface area contributed by atoms with Crippen LogP contribution in [0.15, 0.2) is 47.5 Å². The van der Waals surface area contributed by atoms with Crippen LogP contribution >= 0.6 is 11.6 Å². The largest absolute Gasteiger partial charge is 0.354 e. The second-order valence-corrected chi connectivity index (χ2v) is 8.64.